The number of hydrogen-bond donors (Lipinski definition) is 5. The molecule has 0 saturated carbocycles. The normalized spacial score (nSPS) is 10.7. The van der Waals surface area contributed by atoms with Crippen molar-refractivity contribution in [2.24, 2.45) is 0 Å². The average Bonchev–Trinajstić information content (AvgIpc) is 2.75. The highest BCUT2D eigenvalue weighted by molar-refractivity contribution is 6.11. The molecule has 152 valence electrons. The summed E-state index contributed by atoms with van der Waals surface area (Å²) in [5, 5.41) is 17.8. The number of nitrogen functional groups attached to an aromatic ring is 1. The van der Waals surface area contributed by atoms with Gasteiger partial charge in [0.2, 0.25) is 0 Å². The van der Waals surface area contributed by atoms with Gasteiger partial charge in [0, 0.05) is 22.4 Å². The molecule has 0 aliphatic heterocycles. The first-order valence-corrected chi connectivity index (χ1v) is 8.41. The number of anilines is 1. The van der Waals surface area contributed by atoms with Crippen LogP contribution < -0.4 is 16.5 Å². The van der Waals surface area contributed by atoms with Crippen LogP contribution in [0.4, 0.5) is 14.5 Å². The Morgan fingerprint density at radius 2 is 1.67 bits per heavy atom. The monoisotopic (exact) mass is 410 g/mol. The first-order valence-electron chi connectivity index (χ1n) is 8.41. The third-order valence-corrected chi connectivity index (χ3v) is 3.77. The average molecular weight is 410 g/mol. The lowest BCUT2D eigenvalue weighted by Crippen LogP contribution is -2.52. The molecule has 0 aromatic heterocycles. The maximum absolute atomic E-state index is 12.7. The molecule has 0 aliphatic carbocycles. The van der Waals surface area contributed by atoms with E-state index in [2.05, 4.69) is 23.7 Å². The highest BCUT2D eigenvalue weighted by Gasteiger charge is 2.30. The number of para-hydroxylation sites is 1. The zero-order valence-corrected chi connectivity index (χ0v) is 15.4. The molecule has 9 heteroatoms. The van der Waals surface area contributed by atoms with Crippen molar-refractivity contribution in [1.29, 1.82) is 5.41 Å². The van der Waals surface area contributed by atoms with Gasteiger partial charge in [-0.15, -0.1) is 0 Å². The molecule has 0 radical (unpaired) electrons. The molecule has 2 rings (SSSR count). The van der Waals surface area contributed by atoms with E-state index in [0.29, 0.717) is 16.8 Å². The summed E-state index contributed by atoms with van der Waals surface area (Å²) in [6, 6.07) is 10.8. The van der Waals surface area contributed by atoms with E-state index >= 15 is 0 Å². The molecule has 0 unspecified atom stereocenters. The molecule has 2 aromatic rings. The van der Waals surface area contributed by atoms with E-state index in [1.807, 2.05) is 5.32 Å². The van der Waals surface area contributed by atoms with Crippen LogP contribution in [0.15, 0.2) is 48.5 Å². The van der Waals surface area contributed by atoms with Crippen LogP contribution in [0.2, 0.25) is 0 Å². The maximum Gasteiger partial charge on any atom is 0.278 e. The summed E-state index contributed by atoms with van der Waals surface area (Å²) in [6.07, 6.45) is -3.28. The van der Waals surface area contributed by atoms with Gasteiger partial charge in [-0.25, -0.2) is 14.3 Å². The van der Waals surface area contributed by atoms with Crippen molar-refractivity contribution in [1.82, 2.24) is 10.8 Å². The Labute approximate surface area is 170 Å². The van der Waals surface area contributed by atoms with E-state index < -0.39 is 30.0 Å². The third kappa shape index (κ3) is 5.89. The molecular weight excluding hydrogens is 394 g/mol. The number of hydroxylamine groups is 1. The van der Waals surface area contributed by atoms with Gasteiger partial charge in [0.15, 0.2) is 6.04 Å². The summed E-state index contributed by atoms with van der Waals surface area (Å²) < 4.78 is 25.4. The molecule has 0 aliphatic rings. The van der Waals surface area contributed by atoms with Crippen LogP contribution in [-0.4, -0.2) is 35.2 Å². The van der Waals surface area contributed by atoms with E-state index in [4.69, 9.17) is 16.4 Å². The van der Waals surface area contributed by atoms with Crippen molar-refractivity contribution in [2.75, 3.05) is 5.73 Å². The summed E-state index contributed by atoms with van der Waals surface area (Å²) in [7, 11) is 0. The van der Waals surface area contributed by atoms with Gasteiger partial charge < -0.3 is 16.5 Å². The molecule has 2 aromatic carbocycles. The molecule has 0 saturated heterocycles. The lowest BCUT2D eigenvalue weighted by molar-refractivity contribution is -0.129. The van der Waals surface area contributed by atoms with E-state index in [0.717, 1.165) is 5.48 Å². The van der Waals surface area contributed by atoms with Crippen LogP contribution in [0.1, 0.15) is 21.5 Å². The van der Waals surface area contributed by atoms with Crippen LogP contribution >= 0.6 is 0 Å². The lowest BCUT2D eigenvalue weighted by atomic mass is 10.1. The Balaban J connectivity index is 2.09. The van der Waals surface area contributed by atoms with Crippen molar-refractivity contribution in [2.45, 2.75) is 12.5 Å². The van der Waals surface area contributed by atoms with E-state index in [9.17, 15) is 18.4 Å². The molecule has 30 heavy (non-hydrogen) atoms. The minimum atomic E-state index is -3.28. The quantitative estimate of drug-likeness (QED) is 0.168. The van der Waals surface area contributed by atoms with Gasteiger partial charge in [-0.3, -0.25) is 14.8 Å². The number of alkyl halides is 2. The van der Waals surface area contributed by atoms with Crippen molar-refractivity contribution in [3.63, 3.8) is 0 Å². The first-order chi connectivity index (χ1) is 14.3. The lowest BCUT2D eigenvalue weighted by Gasteiger charge is -2.17. The summed E-state index contributed by atoms with van der Waals surface area (Å²) in [5.41, 5.74) is 7.33. The number of amides is 2. The fourth-order valence-electron chi connectivity index (χ4n) is 2.21. The van der Waals surface area contributed by atoms with Crippen molar-refractivity contribution < 1.29 is 23.6 Å². The molecule has 1 atom stereocenters. The minimum Gasteiger partial charge on any atom is -0.398 e. The van der Waals surface area contributed by atoms with Crippen LogP contribution in [0.25, 0.3) is 0 Å². The highest BCUT2D eigenvalue weighted by Crippen LogP contribution is 2.08. The zero-order chi connectivity index (χ0) is 22.1. The number of carbonyl (C=O) groups excluding carboxylic acids is 2. The fourth-order valence-corrected chi connectivity index (χ4v) is 2.21. The second-order valence-electron chi connectivity index (χ2n) is 5.80. The number of halogens is 2. The smallest absolute Gasteiger partial charge is 0.278 e. The summed E-state index contributed by atoms with van der Waals surface area (Å²) in [5.74, 6) is 8.67. The number of hydrogen-bond acceptors (Lipinski definition) is 5. The van der Waals surface area contributed by atoms with Gasteiger partial charge in [0.05, 0.1) is 0 Å². The van der Waals surface area contributed by atoms with Gasteiger partial charge in [0.1, 0.15) is 5.71 Å². The van der Waals surface area contributed by atoms with Crippen LogP contribution in [0.5, 0.6) is 0 Å². The first kappa shape index (κ1) is 22.1. The third-order valence-electron chi connectivity index (χ3n) is 3.77. The Hall–Kier alpha value is -4.21. The van der Waals surface area contributed by atoms with Crippen molar-refractivity contribution >= 4 is 23.2 Å². The summed E-state index contributed by atoms with van der Waals surface area (Å²) >= 11 is 0. The van der Waals surface area contributed by atoms with Gasteiger partial charge in [-0.05, 0) is 48.2 Å². The molecule has 0 bridgehead atoms. The van der Waals surface area contributed by atoms with E-state index in [1.54, 1.807) is 24.3 Å². The SMILES string of the molecule is N=C(C(F)F)[C@H](NC(=O)c1ccc(C#CC#Cc2ccccc2N)cc1)C(=O)NO. The minimum absolute atomic E-state index is 0.0431. The molecule has 0 heterocycles. The second kappa shape index (κ2) is 10.4. The molecule has 7 nitrogen and oxygen atoms in total. The maximum atomic E-state index is 12.7. The standard InChI is InChI=1S/C21H16F2N4O3/c22-19(23)17(25)18(21(29)27-30)26-20(28)15-11-9-13(10-12-15)5-1-2-6-14-7-3-4-8-16(14)24/h3-4,7-12,18-19,25,30H,24H2,(H,26,28)(H,27,29)/t18-/m0/s1. The van der Waals surface area contributed by atoms with Gasteiger partial charge in [0.25, 0.3) is 18.2 Å². The number of nitrogens with one attached hydrogen (secondary N) is 3. The van der Waals surface area contributed by atoms with Crippen LogP contribution in [0, 0.1) is 29.1 Å². The predicted octanol–water partition coefficient (Wildman–Crippen LogP) is 1.56. The molecule has 2 amide bonds. The van der Waals surface area contributed by atoms with Gasteiger partial charge >= 0.3 is 0 Å². The topological polar surface area (TPSA) is 128 Å². The largest absolute Gasteiger partial charge is 0.398 e. The number of nitrogens with two attached hydrogens (primary N) is 1. The van der Waals surface area contributed by atoms with Gasteiger partial charge in [-0.2, -0.15) is 0 Å². The fraction of sp³-hybridized carbons (Fsp3) is 0.0952. The second-order valence-corrected chi connectivity index (χ2v) is 5.80. The Bertz CT molecular complexity index is 1080. The Kier molecular flexibility index (Phi) is 7.63. The number of rotatable bonds is 5. The van der Waals surface area contributed by atoms with Crippen LogP contribution in [0.3, 0.4) is 0 Å². The summed E-state index contributed by atoms with van der Waals surface area (Å²) in [4.78, 5) is 23.6. The number of benzene rings is 2. The molecule has 0 fully saturated rings. The van der Waals surface area contributed by atoms with E-state index in [1.165, 1.54) is 24.3 Å². The van der Waals surface area contributed by atoms with Crippen molar-refractivity contribution in [3.05, 3.63) is 65.2 Å². The van der Waals surface area contributed by atoms with Gasteiger partial charge in [-0.1, -0.05) is 24.0 Å². The molecule has 0 spiro atoms. The van der Waals surface area contributed by atoms with Crippen LogP contribution in [-0.2, 0) is 4.79 Å². The van der Waals surface area contributed by atoms with E-state index in [-0.39, 0.29) is 5.56 Å². The predicted molar refractivity (Wildman–Crippen MR) is 106 cm³/mol. The molecular formula is C21H16F2N4O3. The highest BCUT2D eigenvalue weighted by atomic mass is 19.3. The Morgan fingerprint density at radius 1 is 1.03 bits per heavy atom. The molecule has 6 N–H and O–H groups in total. The zero-order valence-electron chi connectivity index (χ0n) is 15.4. The number of carbonyl (C=O) groups is 2. The Morgan fingerprint density at radius 3 is 2.27 bits per heavy atom. The van der Waals surface area contributed by atoms with Crippen molar-refractivity contribution in [3.8, 4) is 23.7 Å². The summed E-state index contributed by atoms with van der Waals surface area (Å²) in [6.45, 7) is 0.